The van der Waals surface area contributed by atoms with E-state index < -0.39 is 5.91 Å². The number of carbonyl (C=O) groups excluding carboxylic acids is 1. The van der Waals surface area contributed by atoms with Gasteiger partial charge in [0.05, 0.1) is 22.3 Å². The van der Waals surface area contributed by atoms with Crippen molar-refractivity contribution in [1.29, 1.82) is 0 Å². The maximum atomic E-state index is 14.6. The van der Waals surface area contributed by atoms with E-state index in [0.29, 0.717) is 45.8 Å². The van der Waals surface area contributed by atoms with Crippen molar-refractivity contribution in [3.8, 4) is 22.8 Å². The molecule has 4 aromatic rings. The van der Waals surface area contributed by atoms with E-state index >= 15 is 0 Å². The molecule has 0 saturated carbocycles. The number of aromatic nitrogens is 3. The van der Waals surface area contributed by atoms with Gasteiger partial charge in [0, 0.05) is 42.6 Å². The zero-order chi connectivity index (χ0) is 21.4. The molecule has 6 nitrogen and oxygen atoms in total. The van der Waals surface area contributed by atoms with Crippen LogP contribution in [0, 0.1) is 12.7 Å². The Labute approximate surface area is 173 Å². The summed E-state index contributed by atoms with van der Waals surface area (Å²) in [7, 11) is 1.77. The van der Waals surface area contributed by atoms with Gasteiger partial charge in [-0.25, -0.2) is 4.39 Å². The summed E-state index contributed by atoms with van der Waals surface area (Å²) in [5.74, 6) is 0.0661. The summed E-state index contributed by atoms with van der Waals surface area (Å²) in [6.45, 7) is 3.73. The first-order valence-corrected chi connectivity index (χ1v) is 9.57. The molecule has 0 saturated heterocycles. The fraction of sp³-hybridized carbons (Fsp3) is 0.174. The van der Waals surface area contributed by atoms with Gasteiger partial charge in [-0.3, -0.25) is 14.5 Å². The highest BCUT2D eigenvalue weighted by Gasteiger charge is 2.14. The second-order valence-corrected chi connectivity index (χ2v) is 7.08. The SMILES string of the molecule is CCc1cc(-c2cc(Oc3cc(F)c4c(C)nn(C)c4c3)ccn2)ccc1C(N)=O. The second kappa shape index (κ2) is 7.59. The highest BCUT2D eigenvalue weighted by Crippen LogP contribution is 2.31. The summed E-state index contributed by atoms with van der Waals surface area (Å²) in [6.07, 6.45) is 2.30. The van der Waals surface area contributed by atoms with Crippen LogP contribution in [0.15, 0.2) is 48.7 Å². The van der Waals surface area contributed by atoms with Gasteiger partial charge in [-0.05, 0) is 37.1 Å². The number of carbonyl (C=O) groups is 1. The Morgan fingerprint density at radius 2 is 1.97 bits per heavy atom. The van der Waals surface area contributed by atoms with Crippen LogP contribution in [0.5, 0.6) is 11.5 Å². The third kappa shape index (κ3) is 3.50. The number of primary amides is 1. The number of hydrogen-bond acceptors (Lipinski definition) is 4. The van der Waals surface area contributed by atoms with Crippen molar-refractivity contribution in [1.82, 2.24) is 14.8 Å². The average Bonchev–Trinajstić information content (AvgIpc) is 3.01. The first kappa shape index (κ1) is 19.6. The molecule has 2 aromatic heterocycles. The minimum atomic E-state index is -0.453. The lowest BCUT2D eigenvalue weighted by molar-refractivity contribution is 0.0999. The molecule has 152 valence electrons. The summed E-state index contributed by atoms with van der Waals surface area (Å²) in [5, 5.41) is 4.75. The summed E-state index contributed by atoms with van der Waals surface area (Å²) in [6, 6.07) is 12.0. The molecule has 30 heavy (non-hydrogen) atoms. The molecular formula is C23H21FN4O2. The molecule has 2 N–H and O–H groups in total. The highest BCUT2D eigenvalue weighted by atomic mass is 19.1. The largest absolute Gasteiger partial charge is 0.457 e. The Morgan fingerprint density at radius 1 is 1.17 bits per heavy atom. The summed E-state index contributed by atoms with van der Waals surface area (Å²) in [5.41, 5.74) is 9.61. The summed E-state index contributed by atoms with van der Waals surface area (Å²) >= 11 is 0. The number of nitrogens with two attached hydrogens (primary N) is 1. The monoisotopic (exact) mass is 404 g/mol. The number of benzene rings is 2. The van der Waals surface area contributed by atoms with Crippen LogP contribution in [0.25, 0.3) is 22.2 Å². The summed E-state index contributed by atoms with van der Waals surface area (Å²) < 4.78 is 22.1. The van der Waals surface area contributed by atoms with E-state index in [1.807, 2.05) is 13.0 Å². The van der Waals surface area contributed by atoms with Crippen molar-refractivity contribution in [2.24, 2.45) is 12.8 Å². The fourth-order valence-electron chi connectivity index (χ4n) is 3.62. The van der Waals surface area contributed by atoms with Crippen molar-refractivity contribution in [2.75, 3.05) is 0 Å². The van der Waals surface area contributed by atoms with Gasteiger partial charge in [-0.2, -0.15) is 5.10 Å². The predicted molar refractivity (Wildman–Crippen MR) is 113 cm³/mol. The van der Waals surface area contributed by atoms with Crippen molar-refractivity contribution in [3.05, 3.63) is 71.3 Å². The normalized spacial score (nSPS) is 11.1. The van der Waals surface area contributed by atoms with Gasteiger partial charge in [0.15, 0.2) is 0 Å². The number of pyridine rings is 1. The van der Waals surface area contributed by atoms with E-state index in [1.165, 1.54) is 6.07 Å². The first-order chi connectivity index (χ1) is 14.4. The zero-order valence-electron chi connectivity index (χ0n) is 16.9. The molecule has 0 radical (unpaired) electrons. The average molecular weight is 404 g/mol. The minimum absolute atomic E-state index is 0.374. The number of halogens is 1. The second-order valence-electron chi connectivity index (χ2n) is 7.08. The van der Waals surface area contributed by atoms with E-state index in [2.05, 4.69) is 10.1 Å². The lowest BCUT2D eigenvalue weighted by Gasteiger charge is -2.10. The highest BCUT2D eigenvalue weighted by molar-refractivity contribution is 5.95. The molecule has 0 spiro atoms. The maximum absolute atomic E-state index is 14.6. The molecule has 0 fully saturated rings. The van der Waals surface area contributed by atoms with Crippen LogP contribution in [0.1, 0.15) is 28.5 Å². The fourth-order valence-corrected chi connectivity index (χ4v) is 3.62. The third-order valence-corrected chi connectivity index (χ3v) is 5.07. The lowest BCUT2D eigenvalue weighted by atomic mass is 9.99. The van der Waals surface area contributed by atoms with E-state index in [9.17, 15) is 9.18 Å². The van der Waals surface area contributed by atoms with Crippen molar-refractivity contribution >= 4 is 16.8 Å². The molecule has 4 rings (SSSR count). The lowest BCUT2D eigenvalue weighted by Crippen LogP contribution is -2.13. The molecule has 0 unspecified atom stereocenters. The molecule has 2 heterocycles. The Balaban J connectivity index is 1.69. The topological polar surface area (TPSA) is 83.0 Å². The number of amides is 1. The number of hydrogen-bond donors (Lipinski definition) is 1. The maximum Gasteiger partial charge on any atom is 0.248 e. The van der Waals surface area contributed by atoms with Gasteiger partial charge >= 0.3 is 0 Å². The molecule has 0 aliphatic heterocycles. The molecular weight excluding hydrogens is 383 g/mol. The first-order valence-electron chi connectivity index (χ1n) is 9.57. The van der Waals surface area contributed by atoms with E-state index in [1.54, 1.807) is 55.2 Å². The van der Waals surface area contributed by atoms with Crippen LogP contribution in [0.2, 0.25) is 0 Å². The van der Waals surface area contributed by atoms with Crippen LogP contribution in [-0.2, 0) is 13.5 Å². The van der Waals surface area contributed by atoms with Crippen LogP contribution in [0.3, 0.4) is 0 Å². The zero-order valence-corrected chi connectivity index (χ0v) is 16.9. The molecule has 0 aliphatic carbocycles. The number of nitrogens with zero attached hydrogens (tertiary/aromatic N) is 3. The Kier molecular flexibility index (Phi) is 4.95. The van der Waals surface area contributed by atoms with Gasteiger partial charge in [0.2, 0.25) is 5.91 Å². The molecule has 2 aromatic carbocycles. The number of ether oxygens (including phenoxy) is 1. The Morgan fingerprint density at radius 3 is 2.70 bits per heavy atom. The number of aryl methyl sites for hydroxylation is 3. The van der Waals surface area contributed by atoms with Gasteiger partial charge in [-0.1, -0.05) is 13.0 Å². The van der Waals surface area contributed by atoms with Crippen LogP contribution in [-0.4, -0.2) is 20.7 Å². The van der Waals surface area contributed by atoms with Gasteiger partial charge in [-0.15, -0.1) is 0 Å². The molecule has 0 aliphatic rings. The number of rotatable bonds is 5. The van der Waals surface area contributed by atoms with Crippen molar-refractivity contribution in [3.63, 3.8) is 0 Å². The molecule has 0 bridgehead atoms. The van der Waals surface area contributed by atoms with Crippen LogP contribution < -0.4 is 10.5 Å². The Hall–Kier alpha value is -3.74. The molecule has 1 amide bonds. The third-order valence-electron chi connectivity index (χ3n) is 5.07. The number of fused-ring (bicyclic) bond motifs is 1. The van der Waals surface area contributed by atoms with Crippen LogP contribution >= 0.6 is 0 Å². The van der Waals surface area contributed by atoms with Crippen LogP contribution in [0.4, 0.5) is 4.39 Å². The quantitative estimate of drug-likeness (QED) is 0.529. The summed E-state index contributed by atoms with van der Waals surface area (Å²) in [4.78, 5) is 16.0. The van der Waals surface area contributed by atoms with Gasteiger partial charge in [0.1, 0.15) is 17.3 Å². The van der Waals surface area contributed by atoms with E-state index in [0.717, 1.165) is 11.1 Å². The smallest absolute Gasteiger partial charge is 0.248 e. The minimum Gasteiger partial charge on any atom is -0.457 e. The van der Waals surface area contributed by atoms with Crippen molar-refractivity contribution in [2.45, 2.75) is 20.3 Å². The molecule has 7 heteroatoms. The molecule has 0 atom stereocenters. The van der Waals surface area contributed by atoms with E-state index in [4.69, 9.17) is 10.5 Å². The van der Waals surface area contributed by atoms with Gasteiger partial charge in [0.25, 0.3) is 0 Å². The van der Waals surface area contributed by atoms with Gasteiger partial charge < -0.3 is 10.5 Å². The Bertz CT molecular complexity index is 1280. The van der Waals surface area contributed by atoms with E-state index in [-0.39, 0.29) is 5.82 Å². The predicted octanol–water partition coefficient (Wildman–Crippen LogP) is 4.54. The van der Waals surface area contributed by atoms with Crippen molar-refractivity contribution < 1.29 is 13.9 Å². The standard InChI is InChI=1S/C23H21FN4O2/c1-4-14-9-15(5-6-18(14)23(25)29)20-11-16(7-8-26-20)30-17-10-19(24)22-13(2)27-28(3)21(22)12-17/h5-12H,4H2,1-3H3,(H2,25,29).